The Morgan fingerprint density at radius 1 is 1.13 bits per heavy atom. The second kappa shape index (κ2) is 7.71. The van der Waals surface area contributed by atoms with Gasteiger partial charge in [-0.15, -0.1) is 0 Å². The molecule has 1 atom stereocenters. The van der Waals surface area contributed by atoms with Gasteiger partial charge in [-0.1, -0.05) is 12.8 Å². The molecule has 1 amide bonds. The van der Waals surface area contributed by atoms with Gasteiger partial charge in [-0.25, -0.2) is 0 Å². The van der Waals surface area contributed by atoms with Crippen molar-refractivity contribution in [1.29, 1.82) is 0 Å². The van der Waals surface area contributed by atoms with Gasteiger partial charge in [0.05, 0.1) is 6.04 Å². The predicted molar refractivity (Wildman–Crippen MR) is 124 cm³/mol. The summed E-state index contributed by atoms with van der Waals surface area (Å²) in [6.45, 7) is 4.26. The van der Waals surface area contributed by atoms with Gasteiger partial charge in [0, 0.05) is 23.2 Å². The van der Waals surface area contributed by atoms with Gasteiger partial charge in [0.15, 0.2) is 16.6 Å². The molecule has 2 aromatic carbocycles. The van der Waals surface area contributed by atoms with Gasteiger partial charge < -0.3 is 25.4 Å². The first kappa shape index (κ1) is 20.1. The number of hydrogen-bond acceptors (Lipinski definition) is 4. The Morgan fingerprint density at radius 2 is 1.77 bits per heavy atom. The molecule has 1 fully saturated rings. The third-order valence-electron chi connectivity index (χ3n) is 6.92. The maximum atomic E-state index is 11.3. The molecule has 3 N–H and O–H groups in total. The number of hydrogen-bond donors (Lipinski definition) is 2. The molecular weight excluding hydrogens is 410 g/mol. The predicted octanol–water partition coefficient (Wildman–Crippen LogP) is 4.14. The molecule has 2 heterocycles. The van der Waals surface area contributed by atoms with Crippen LogP contribution in [-0.4, -0.2) is 35.7 Å². The molecule has 3 aliphatic rings. The summed E-state index contributed by atoms with van der Waals surface area (Å²) >= 11 is 5.85. The summed E-state index contributed by atoms with van der Waals surface area (Å²) < 4.78 is 11.8. The van der Waals surface area contributed by atoms with Gasteiger partial charge in [-0.05, 0) is 79.5 Å². The average molecular weight is 438 g/mol. The Labute approximate surface area is 187 Å². The van der Waals surface area contributed by atoms with Gasteiger partial charge in [-0.2, -0.15) is 0 Å². The lowest BCUT2D eigenvalue weighted by molar-refractivity contribution is 0.100. The van der Waals surface area contributed by atoms with Crippen molar-refractivity contribution in [2.24, 2.45) is 5.73 Å². The van der Waals surface area contributed by atoms with Crippen LogP contribution < -0.4 is 20.5 Å². The zero-order valence-corrected chi connectivity index (χ0v) is 18.5. The van der Waals surface area contributed by atoms with Crippen molar-refractivity contribution in [3.8, 4) is 11.5 Å². The quantitative estimate of drug-likeness (QED) is 0.688. The average Bonchev–Trinajstić information content (AvgIpc) is 3.25. The fraction of sp³-hybridized carbons (Fsp3) is 0.417. The van der Waals surface area contributed by atoms with E-state index in [4.69, 9.17) is 27.4 Å². The van der Waals surface area contributed by atoms with Gasteiger partial charge in [0.2, 0.25) is 5.91 Å². The Kier molecular flexibility index (Phi) is 5.01. The highest BCUT2D eigenvalue weighted by Gasteiger charge is 2.45. The van der Waals surface area contributed by atoms with E-state index in [0.717, 1.165) is 36.6 Å². The van der Waals surface area contributed by atoms with Crippen LogP contribution in [0.5, 0.6) is 11.5 Å². The van der Waals surface area contributed by atoms with E-state index in [9.17, 15) is 4.79 Å². The number of carbonyl (C=O) groups excluding carboxylic acids is 1. The lowest BCUT2D eigenvalue weighted by atomic mass is 9.71. The molecule has 1 unspecified atom stereocenters. The minimum absolute atomic E-state index is 0.0826. The topological polar surface area (TPSA) is 76.8 Å². The molecule has 2 aliphatic heterocycles. The summed E-state index contributed by atoms with van der Waals surface area (Å²) in [5.74, 6) is 1.26. The SMILES string of the molecule is CC1c2cc3c(cc2C2(CCCC2)CN1C(=S)Nc1ccc(C(N)=O)cc1)OCCO3. The third-order valence-corrected chi connectivity index (χ3v) is 7.26. The molecule has 7 heteroatoms. The van der Waals surface area contributed by atoms with E-state index in [2.05, 4.69) is 29.3 Å². The highest BCUT2D eigenvalue weighted by molar-refractivity contribution is 7.80. The number of thiocarbonyl (C=S) groups is 1. The van der Waals surface area contributed by atoms with E-state index in [-0.39, 0.29) is 11.5 Å². The number of amides is 1. The van der Waals surface area contributed by atoms with Crippen LogP contribution in [0.1, 0.15) is 60.1 Å². The largest absolute Gasteiger partial charge is 0.486 e. The lowest BCUT2D eigenvalue weighted by Gasteiger charge is -2.47. The Hall–Kier alpha value is -2.80. The summed E-state index contributed by atoms with van der Waals surface area (Å²) in [7, 11) is 0. The molecule has 0 bridgehead atoms. The van der Waals surface area contributed by atoms with E-state index in [1.54, 1.807) is 12.1 Å². The highest BCUT2D eigenvalue weighted by Crippen LogP contribution is 2.52. The first-order valence-corrected chi connectivity index (χ1v) is 11.3. The Balaban J connectivity index is 1.46. The number of carbonyl (C=O) groups is 1. The summed E-state index contributed by atoms with van der Waals surface area (Å²) in [6.07, 6.45) is 4.76. The number of primary amides is 1. The standard InChI is InChI=1S/C24H27N3O3S/c1-15-18-12-20-21(30-11-10-29-20)13-19(18)24(8-2-3-9-24)14-27(15)23(31)26-17-6-4-16(5-7-17)22(25)28/h4-7,12-13,15H,2-3,8-11,14H2,1H3,(H2,25,28)(H,26,31). The fourth-order valence-electron chi connectivity index (χ4n) is 5.27. The number of ether oxygens (including phenoxy) is 2. The van der Waals surface area contributed by atoms with Crippen molar-refractivity contribution in [1.82, 2.24) is 4.90 Å². The maximum absolute atomic E-state index is 11.3. The van der Waals surface area contributed by atoms with Crippen LogP contribution in [0.25, 0.3) is 0 Å². The first-order valence-electron chi connectivity index (χ1n) is 10.9. The number of fused-ring (bicyclic) bond motifs is 3. The van der Waals surface area contributed by atoms with E-state index in [1.807, 2.05) is 12.1 Å². The summed E-state index contributed by atoms with van der Waals surface area (Å²) in [6, 6.07) is 11.6. The first-order chi connectivity index (χ1) is 15.0. The van der Waals surface area contributed by atoms with E-state index in [0.29, 0.717) is 23.9 Å². The second-order valence-corrected chi connectivity index (χ2v) is 9.13. The van der Waals surface area contributed by atoms with E-state index < -0.39 is 5.91 Å². The maximum Gasteiger partial charge on any atom is 0.248 e. The molecule has 1 saturated carbocycles. The molecule has 5 rings (SSSR count). The summed E-state index contributed by atoms with van der Waals surface area (Å²) in [5.41, 5.74) is 9.42. The van der Waals surface area contributed by atoms with Crippen LogP contribution in [0.4, 0.5) is 5.69 Å². The van der Waals surface area contributed by atoms with Gasteiger partial charge in [-0.3, -0.25) is 4.79 Å². The molecule has 0 saturated heterocycles. The van der Waals surface area contributed by atoms with Crippen LogP contribution in [0, 0.1) is 0 Å². The minimum Gasteiger partial charge on any atom is -0.486 e. The Morgan fingerprint density at radius 3 is 2.42 bits per heavy atom. The van der Waals surface area contributed by atoms with Gasteiger partial charge in [0.1, 0.15) is 13.2 Å². The lowest BCUT2D eigenvalue weighted by Crippen LogP contribution is -2.50. The van der Waals surface area contributed by atoms with Crippen LogP contribution in [0.2, 0.25) is 0 Å². The van der Waals surface area contributed by atoms with Crippen molar-refractivity contribution >= 4 is 28.9 Å². The smallest absolute Gasteiger partial charge is 0.248 e. The van der Waals surface area contributed by atoms with Crippen molar-refractivity contribution in [2.45, 2.75) is 44.1 Å². The number of anilines is 1. The molecule has 1 spiro atoms. The van der Waals surface area contributed by atoms with Crippen molar-refractivity contribution < 1.29 is 14.3 Å². The molecule has 0 aromatic heterocycles. The number of rotatable bonds is 2. The molecule has 162 valence electrons. The van der Waals surface area contributed by atoms with E-state index >= 15 is 0 Å². The van der Waals surface area contributed by atoms with E-state index in [1.165, 1.54) is 24.0 Å². The Bertz CT molecular complexity index is 1030. The number of nitrogens with zero attached hydrogens (tertiary/aromatic N) is 1. The highest BCUT2D eigenvalue weighted by atomic mass is 32.1. The number of nitrogens with one attached hydrogen (secondary N) is 1. The zero-order chi connectivity index (χ0) is 21.6. The van der Waals surface area contributed by atoms with Crippen molar-refractivity contribution in [3.63, 3.8) is 0 Å². The molecule has 1 aliphatic carbocycles. The normalized spacial score (nSPS) is 20.9. The molecule has 6 nitrogen and oxygen atoms in total. The van der Waals surface area contributed by atoms with Crippen LogP contribution in [-0.2, 0) is 5.41 Å². The number of benzene rings is 2. The van der Waals surface area contributed by atoms with Crippen molar-refractivity contribution in [3.05, 3.63) is 53.1 Å². The fourth-order valence-corrected chi connectivity index (χ4v) is 5.61. The number of nitrogens with two attached hydrogens (primary N) is 1. The molecule has 31 heavy (non-hydrogen) atoms. The molecular formula is C24H27N3O3S. The molecule has 2 aromatic rings. The minimum atomic E-state index is -0.437. The van der Waals surface area contributed by atoms with Crippen LogP contribution >= 0.6 is 12.2 Å². The van der Waals surface area contributed by atoms with Crippen LogP contribution in [0.15, 0.2) is 36.4 Å². The summed E-state index contributed by atoms with van der Waals surface area (Å²) in [5, 5.41) is 4.04. The van der Waals surface area contributed by atoms with Gasteiger partial charge in [0.25, 0.3) is 0 Å². The van der Waals surface area contributed by atoms with Crippen molar-refractivity contribution in [2.75, 3.05) is 25.1 Å². The van der Waals surface area contributed by atoms with Gasteiger partial charge >= 0.3 is 0 Å². The third kappa shape index (κ3) is 3.51. The van der Waals surface area contributed by atoms with Crippen LogP contribution in [0.3, 0.4) is 0 Å². The molecule has 0 radical (unpaired) electrons. The monoisotopic (exact) mass is 437 g/mol. The summed E-state index contributed by atoms with van der Waals surface area (Å²) in [4.78, 5) is 13.6. The second-order valence-electron chi connectivity index (χ2n) is 8.75. The zero-order valence-electron chi connectivity index (χ0n) is 17.6.